The Labute approximate surface area is 182 Å². The van der Waals surface area contributed by atoms with Gasteiger partial charge >= 0.3 is 0 Å². The quantitative estimate of drug-likeness (QED) is 0.525. The van der Waals surface area contributed by atoms with Crippen molar-refractivity contribution < 1.29 is 23.7 Å². The molecule has 0 bridgehead atoms. The third-order valence-corrected chi connectivity index (χ3v) is 4.75. The molecule has 0 saturated carbocycles. The predicted octanol–water partition coefficient (Wildman–Crippen LogP) is 4.41. The minimum atomic E-state index is -0.0474. The van der Waals surface area contributed by atoms with E-state index in [0.717, 1.165) is 29.0 Å². The van der Waals surface area contributed by atoms with Crippen LogP contribution >= 0.6 is 0 Å². The maximum atomic E-state index is 12.3. The summed E-state index contributed by atoms with van der Waals surface area (Å²) < 4.78 is 21.7. The van der Waals surface area contributed by atoms with Crippen molar-refractivity contribution in [1.82, 2.24) is 5.32 Å². The second-order valence-corrected chi connectivity index (χ2v) is 6.89. The molecule has 0 radical (unpaired) electrons. The largest absolute Gasteiger partial charge is 0.497 e. The molecular weight excluding hydrogens is 394 g/mol. The molecule has 0 aliphatic heterocycles. The number of amides is 1. The van der Waals surface area contributed by atoms with Crippen LogP contribution < -0.4 is 24.3 Å². The normalized spacial score (nSPS) is 10.3. The number of carbonyl (C=O) groups excluding carboxylic acids is 1. The van der Waals surface area contributed by atoms with Crippen LogP contribution in [0.3, 0.4) is 0 Å². The Kier molecular flexibility index (Phi) is 7.76. The van der Waals surface area contributed by atoms with Crippen LogP contribution in [-0.2, 0) is 17.6 Å². The fourth-order valence-corrected chi connectivity index (χ4v) is 3.10. The molecule has 0 spiro atoms. The van der Waals surface area contributed by atoms with Gasteiger partial charge in [-0.15, -0.1) is 0 Å². The summed E-state index contributed by atoms with van der Waals surface area (Å²) in [7, 11) is 4.84. The average Bonchev–Trinajstić information content (AvgIpc) is 2.80. The van der Waals surface area contributed by atoms with Crippen molar-refractivity contribution in [2.75, 3.05) is 27.9 Å². The lowest BCUT2D eigenvalue weighted by Crippen LogP contribution is -2.27. The Morgan fingerprint density at radius 1 is 0.742 bits per heavy atom. The van der Waals surface area contributed by atoms with Gasteiger partial charge in [0.1, 0.15) is 17.2 Å². The summed E-state index contributed by atoms with van der Waals surface area (Å²) in [4.78, 5) is 12.3. The maximum Gasteiger partial charge on any atom is 0.224 e. The van der Waals surface area contributed by atoms with Crippen molar-refractivity contribution in [2.24, 2.45) is 0 Å². The summed E-state index contributed by atoms with van der Waals surface area (Å²) in [6.07, 6.45) is 0.998. The summed E-state index contributed by atoms with van der Waals surface area (Å²) in [5.41, 5.74) is 1.96. The molecule has 0 atom stereocenters. The smallest absolute Gasteiger partial charge is 0.224 e. The fourth-order valence-electron chi connectivity index (χ4n) is 3.10. The highest BCUT2D eigenvalue weighted by Gasteiger charge is 2.10. The summed E-state index contributed by atoms with van der Waals surface area (Å²) >= 11 is 0. The van der Waals surface area contributed by atoms with Crippen LogP contribution in [0.5, 0.6) is 28.7 Å². The number of rotatable bonds is 10. The number of nitrogens with one attached hydrogen (secondary N) is 1. The van der Waals surface area contributed by atoms with E-state index < -0.39 is 0 Å². The molecule has 6 heteroatoms. The van der Waals surface area contributed by atoms with Crippen LogP contribution in [-0.4, -0.2) is 33.8 Å². The summed E-state index contributed by atoms with van der Waals surface area (Å²) in [5, 5.41) is 2.96. The van der Waals surface area contributed by atoms with Crippen molar-refractivity contribution in [1.29, 1.82) is 0 Å². The van der Waals surface area contributed by atoms with Crippen LogP contribution in [0.1, 0.15) is 11.1 Å². The lowest BCUT2D eigenvalue weighted by Gasteiger charge is -2.12. The van der Waals surface area contributed by atoms with Gasteiger partial charge in [-0.1, -0.05) is 18.2 Å². The summed E-state index contributed by atoms with van der Waals surface area (Å²) in [5.74, 6) is 3.34. The third kappa shape index (κ3) is 6.40. The van der Waals surface area contributed by atoms with E-state index in [4.69, 9.17) is 18.9 Å². The van der Waals surface area contributed by atoms with Gasteiger partial charge in [0.2, 0.25) is 5.91 Å². The zero-order valence-electron chi connectivity index (χ0n) is 18.0. The Morgan fingerprint density at radius 2 is 1.48 bits per heavy atom. The van der Waals surface area contributed by atoms with Gasteiger partial charge in [-0.2, -0.15) is 0 Å². The van der Waals surface area contributed by atoms with E-state index in [-0.39, 0.29) is 12.3 Å². The molecule has 3 aromatic rings. The first-order valence-electron chi connectivity index (χ1n) is 9.99. The molecule has 0 saturated heterocycles. The monoisotopic (exact) mass is 421 g/mol. The third-order valence-electron chi connectivity index (χ3n) is 4.75. The van der Waals surface area contributed by atoms with E-state index in [1.807, 2.05) is 66.7 Å². The highest BCUT2D eigenvalue weighted by atomic mass is 16.5. The molecule has 0 aliphatic carbocycles. The van der Waals surface area contributed by atoms with Crippen molar-refractivity contribution in [3.63, 3.8) is 0 Å². The topological polar surface area (TPSA) is 66.0 Å². The first-order valence-corrected chi connectivity index (χ1v) is 9.99. The first-order chi connectivity index (χ1) is 15.1. The molecule has 31 heavy (non-hydrogen) atoms. The summed E-state index contributed by atoms with van der Waals surface area (Å²) in [6, 6.07) is 20.6. The van der Waals surface area contributed by atoms with Gasteiger partial charge in [-0.25, -0.2) is 0 Å². The van der Waals surface area contributed by atoms with Crippen molar-refractivity contribution >= 4 is 5.91 Å². The van der Waals surface area contributed by atoms with E-state index in [1.165, 1.54) is 0 Å². The number of hydrogen-bond donors (Lipinski definition) is 1. The number of methoxy groups -OCH3 is 3. The highest BCUT2D eigenvalue weighted by molar-refractivity contribution is 5.78. The molecule has 3 rings (SSSR count). The van der Waals surface area contributed by atoms with E-state index in [0.29, 0.717) is 23.8 Å². The molecular formula is C25H27NO5. The number of hydrogen-bond acceptors (Lipinski definition) is 5. The van der Waals surface area contributed by atoms with E-state index >= 15 is 0 Å². The van der Waals surface area contributed by atoms with Crippen LogP contribution in [0, 0.1) is 0 Å². The molecule has 0 aromatic heterocycles. The van der Waals surface area contributed by atoms with E-state index in [2.05, 4.69) is 5.32 Å². The van der Waals surface area contributed by atoms with Crippen molar-refractivity contribution in [3.05, 3.63) is 77.9 Å². The average molecular weight is 421 g/mol. The van der Waals surface area contributed by atoms with Gasteiger partial charge in [-0.3, -0.25) is 4.79 Å². The molecule has 0 fully saturated rings. The Hall–Kier alpha value is -3.67. The second kappa shape index (κ2) is 10.9. The van der Waals surface area contributed by atoms with Crippen LogP contribution in [0.25, 0.3) is 0 Å². The zero-order valence-corrected chi connectivity index (χ0v) is 18.0. The minimum Gasteiger partial charge on any atom is -0.497 e. The Morgan fingerprint density at radius 3 is 2.19 bits per heavy atom. The van der Waals surface area contributed by atoms with Gasteiger partial charge in [-0.05, 0) is 66.1 Å². The van der Waals surface area contributed by atoms with Crippen molar-refractivity contribution in [3.8, 4) is 28.7 Å². The van der Waals surface area contributed by atoms with Crippen LogP contribution in [0.2, 0.25) is 0 Å². The predicted molar refractivity (Wildman–Crippen MR) is 119 cm³/mol. The molecule has 6 nitrogen and oxygen atoms in total. The number of ether oxygens (including phenoxy) is 4. The molecule has 162 valence electrons. The molecule has 0 unspecified atom stereocenters. The molecule has 1 N–H and O–H groups in total. The highest BCUT2D eigenvalue weighted by Crippen LogP contribution is 2.33. The SMILES string of the molecule is COc1ccc(Oc2ccc(CC(=O)NCCc3cccc(OC)c3)cc2OC)cc1. The van der Waals surface area contributed by atoms with E-state index in [9.17, 15) is 4.79 Å². The lowest BCUT2D eigenvalue weighted by molar-refractivity contribution is -0.120. The zero-order chi connectivity index (χ0) is 22.1. The van der Waals surface area contributed by atoms with Gasteiger partial charge in [0.05, 0.1) is 27.8 Å². The Bertz CT molecular complexity index is 1000. The first kappa shape index (κ1) is 22.0. The van der Waals surface area contributed by atoms with Crippen LogP contribution in [0.15, 0.2) is 66.7 Å². The minimum absolute atomic E-state index is 0.0474. The van der Waals surface area contributed by atoms with E-state index in [1.54, 1.807) is 21.3 Å². The lowest BCUT2D eigenvalue weighted by atomic mass is 10.1. The second-order valence-electron chi connectivity index (χ2n) is 6.89. The standard InChI is InChI=1S/C25H27NO5/c1-28-20-8-10-21(11-9-20)31-23-12-7-19(16-24(23)30-3)17-25(27)26-14-13-18-5-4-6-22(15-18)29-2/h4-12,15-16H,13-14,17H2,1-3H3,(H,26,27). The number of carbonyl (C=O) groups is 1. The summed E-state index contributed by atoms with van der Waals surface area (Å²) in [6.45, 7) is 0.557. The van der Waals surface area contributed by atoms with Gasteiger partial charge in [0, 0.05) is 6.54 Å². The maximum absolute atomic E-state index is 12.3. The van der Waals surface area contributed by atoms with Gasteiger partial charge in [0.25, 0.3) is 0 Å². The molecule has 0 heterocycles. The molecule has 0 aliphatic rings. The Balaban J connectivity index is 1.55. The van der Waals surface area contributed by atoms with Crippen LogP contribution in [0.4, 0.5) is 0 Å². The molecule has 1 amide bonds. The fraction of sp³-hybridized carbons (Fsp3) is 0.240. The van der Waals surface area contributed by atoms with Gasteiger partial charge < -0.3 is 24.3 Å². The number of benzene rings is 3. The van der Waals surface area contributed by atoms with Crippen molar-refractivity contribution in [2.45, 2.75) is 12.8 Å². The molecule has 3 aromatic carbocycles. The van der Waals surface area contributed by atoms with Gasteiger partial charge in [0.15, 0.2) is 11.5 Å².